The van der Waals surface area contributed by atoms with E-state index in [1.165, 1.54) is 38.5 Å². The van der Waals surface area contributed by atoms with Gasteiger partial charge >= 0.3 is 0 Å². The molecule has 0 aromatic carbocycles. The van der Waals surface area contributed by atoms with Crippen LogP contribution in [0.15, 0.2) is 10.6 Å². The highest BCUT2D eigenvalue weighted by molar-refractivity contribution is 5.92. The van der Waals surface area contributed by atoms with Gasteiger partial charge in [-0.2, -0.15) is 0 Å². The lowest BCUT2D eigenvalue weighted by molar-refractivity contribution is -0.0688. The van der Waals surface area contributed by atoms with E-state index >= 15 is 0 Å². The van der Waals surface area contributed by atoms with Gasteiger partial charge in [0.05, 0.1) is 19.8 Å². The van der Waals surface area contributed by atoms with Crippen molar-refractivity contribution in [2.45, 2.75) is 58.0 Å². The van der Waals surface area contributed by atoms with Gasteiger partial charge in [-0.25, -0.2) is 0 Å². The Morgan fingerprint density at radius 2 is 1.85 bits per heavy atom. The minimum Gasteiger partial charge on any atom is -0.379 e. The van der Waals surface area contributed by atoms with Crippen molar-refractivity contribution in [1.82, 2.24) is 15.4 Å². The molecule has 2 heterocycles. The minimum absolute atomic E-state index is 0.0878. The number of carbonyl (C=O) groups excluding carboxylic acids is 1. The molecular weight excluding hydrogens is 342 g/mol. The van der Waals surface area contributed by atoms with E-state index < -0.39 is 0 Å². The first-order valence-corrected chi connectivity index (χ1v) is 10.7. The summed E-state index contributed by atoms with van der Waals surface area (Å²) < 4.78 is 10.8. The number of hydrogen-bond donors (Lipinski definition) is 1. The molecule has 1 aliphatic heterocycles. The molecule has 6 nitrogen and oxygen atoms in total. The van der Waals surface area contributed by atoms with Crippen LogP contribution in [-0.2, 0) is 11.3 Å². The van der Waals surface area contributed by atoms with Crippen LogP contribution >= 0.6 is 0 Å². The van der Waals surface area contributed by atoms with E-state index in [4.69, 9.17) is 9.26 Å². The molecule has 4 saturated carbocycles. The van der Waals surface area contributed by atoms with Crippen LogP contribution in [0.2, 0.25) is 0 Å². The molecule has 6 heteroatoms. The monoisotopic (exact) mass is 373 g/mol. The molecule has 1 saturated heterocycles. The second-order valence-corrected chi connectivity index (χ2v) is 9.54. The molecule has 5 aliphatic rings. The summed E-state index contributed by atoms with van der Waals surface area (Å²) in [6.45, 7) is 6.19. The van der Waals surface area contributed by atoms with Gasteiger partial charge in [0.1, 0.15) is 0 Å². The third kappa shape index (κ3) is 3.42. The Bertz CT molecular complexity index is 659. The summed E-state index contributed by atoms with van der Waals surface area (Å²) in [4.78, 5) is 15.1. The largest absolute Gasteiger partial charge is 0.379 e. The van der Waals surface area contributed by atoms with E-state index in [-0.39, 0.29) is 11.9 Å². The second kappa shape index (κ2) is 6.89. The lowest BCUT2D eigenvalue weighted by Gasteiger charge is -2.59. The highest BCUT2D eigenvalue weighted by atomic mass is 16.5. The maximum atomic E-state index is 12.8. The molecule has 0 spiro atoms. The fourth-order valence-corrected chi connectivity index (χ4v) is 6.61. The topological polar surface area (TPSA) is 67.6 Å². The first-order valence-electron chi connectivity index (χ1n) is 10.7. The number of nitrogens with zero attached hydrogens (tertiary/aromatic N) is 2. The quantitative estimate of drug-likeness (QED) is 0.860. The van der Waals surface area contributed by atoms with E-state index in [2.05, 4.69) is 22.3 Å². The number of morpholine rings is 1. The lowest BCUT2D eigenvalue weighted by Crippen LogP contribution is -2.55. The van der Waals surface area contributed by atoms with E-state index in [9.17, 15) is 4.79 Å². The van der Waals surface area contributed by atoms with E-state index in [0.29, 0.717) is 17.7 Å². The summed E-state index contributed by atoms with van der Waals surface area (Å²) in [6, 6.07) is 2.01. The summed E-state index contributed by atoms with van der Waals surface area (Å²) >= 11 is 0. The van der Waals surface area contributed by atoms with Crippen molar-refractivity contribution in [3.63, 3.8) is 0 Å². The lowest BCUT2D eigenvalue weighted by atomic mass is 9.48. The van der Waals surface area contributed by atoms with E-state index in [1.807, 2.05) is 0 Å². The van der Waals surface area contributed by atoms with Crippen LogP contribution in [0, 0.1) is 23.2 Å². The summed E-state index contributed by atoms with van der Waals surface area (Å²) in [5.74, 6) is 3.34. The third-order valence-corrected chi connectivity index (χ3v) is 7.63. The molecule has 1 aromatic rings. The molecular formula is C21H31N3O3. The van der Waals surface area contributed by atoms with Gasteiger partial charge in [-0.1, -0.05) is 5.16 Å². The number of carbonyl (C=O) groups is 1. The van der Waals surface area contributed by atoms with Gasteiger partial charge in [-0.15, -0.1) is 0 Å². The molecule has 1 amide bonds. The van der Waals surface area contributed by atoms with Crippen LogP contribution < -0.4 is 5.32 Å². The van der Waals surface area contributed by atoms with Crippen LogP contribution in [-0.4, -0.2) is 48.3 Å². The average Bonchev–Trinajstić information content (AvgIpc) is 3.10. The van der Waals surface area contributed by atoms with Gasteiger partial charge in [0, 0.05) is 25.2 Å². The summed E-state index contributed by atoms with van der Waals surface area (Å²) in [6.07, 6.45) is 8.15. The Morgan fingerprint density at radius 1 is 1.22 bits per heavy atom. The van der Waals surface area contributed by atoms with E-state index in [0.717, 1.165) is 49.8 Å². The molecule has 0 radical (unpaired) electrons. The molecule has 1 atom stereocenters. The van der Waals surface area contributed by atoms with Crippen LogP contribution in [0.3, 0.4) is 0 Å². The zero-order chi connectivity index (χ0) is 18.4. The van der Waals surface area contributed by atoms with Crippen LogP contribution in [0.4, 0.5) is 0 Å². The molecule has 0 unspecified atom stereocenters. The number of aromatic nitrogens is 1. The Morgan fingerprint density at radius 3 is 2.48 bits per heavy atom. The van der Waals surface area contributed by atoms with Crippen molar-refractivity contribution >= 4 is 5.91 Å². The Kier molecular flexibility index (Phi) is 4.51. The summed E-state index contributed by atoms with van der Waals surface area (Å²) in [5, 5.41) is 7.31. The highest BCUT2D eigenvalue weighted by Gasteiger charge is 2.53. The van der Waals surface area contributed by atoms with Crippen LogP contribution in [0.25, 0.3) is 0 Å². The van der Waals surface area contributed by atoms with Crippen LogP contribution in [0.5, 0.6) is 0 Å². The Hall–Kier alpha value is -1.40. The smallest absolute Gasteiger partial charge is 0.273 e. The standard InChI is InChI=1S/C21H31N3O3/c1-14(21-10-15-6-16(11-21)8-17(7-15)12-21)22-20(25)19-9-18(27-23-19)13-24-2-4-26-5-3-24/h9,14-17H,2-8,10-13H2,1H3,(H,22,25)/t14-,15?,16?,17?,21?/m0/s1. The summed E-state index contributed by atoms with van der Waals surface area (Å²) in [7, 11) is 0. The molecule has 4 aliphatic carbocycles. The van der Waals surface area contributed by atoms with Gasteiger partial charge in [0.2, 0.25) is 0 Å². The number of amides is 1. The highest BCUT2D eigenvalue weighted by Crippen LogP contribution is 2.61. The SMILES string of the molecule is C[C@H](NC(=O)c1cc(CN2CCOCC2)on1)C12CC3CC(CC(C3)C1)C2. The molecule has 4 bridgehead atoms. The zero-order valence-electron chi connectivity index (χ0n) is 16.3. The van der Waals surface area contributed by atoms with Crippen molar-refractivity contribution in [2.75, 3.05) is 26.3 Å². The van der Waals surface area contributed by atoms with Gasteiger partial charge < -0.3 is 14.6 Å². The molecule has 27 heavy (non-hydrogen) atoms. The third-order valence-electron chi connectivity index (χ3n) is 7.63. The van der Waals surface area contributed by atoms with Gasteiger partial charge in [0.25, 0.3) is 5.91 Å². The van der Waals surface area contributed by atoms with E-state index in [1.54, 1.807) is 6.07 Å². The maximum absolute atomic E-state index is 12.8. The van der Waals surface area contributed by atoms with Crippen molar-refractivity contribution < 1.29 is 14.1 Å². The molecule has 5 fully saturated rings. The zero-order valence-corrected chi connectivity index (χ0v) is 16.3. The first-order chi connectivity index (χ1) is 13.1. The van der Waals surface area contributed by atoms with Crippen molar-refractivity contribution in [1.29, 1.82) is 0 Å². The van der Waals surface area contributed by atoms with Crippen LogP contribution in [0.1, 0.15) is 61.7 Å². The number of hydrogen-bond acceptors (Lipinski definition) is 5. The molecule has 1 N–H and O–H groups in total. The van der Waals surface area contributed by atoms with Gasteiger partial charge in [-0.3, -0.25) is 9.69 Å². The predicted molar refractivity (Wildman–Crippen MR) is 100 cm³/mol. The fraction of sp³-hybridized carbons (Fsp3) is 0.810. The Labute approximate surface area is 161 Å². The van der Waals surface area contributed by atoms with Crippen molar-refractivity contribution in [3.8, 4) is 0 Å². The van der Waals surface area contributed by atoms with Crippen molar-refractivity contribution in [3.05, 3.63) is 17.5 Å². The second-order valence-electron chi connectivity index (χ2n) is 9.54. The first kappa shape index (κ1) is 17.7. The molecule has 1 aromatic heterocycles. The Balaban J connectivity index is 1.21. The fourth-order valence-electron chi connectivity index (χ4n) is 6.61. The maximum Gasteiger partial charge on any atom is 0.273 e. The normalized spacial score (nSPS) is 36.7. The summed E-state index contributed by atoms with van der Waals surface area (Å²) in [5.41, 5.74) is 0.722. The van der Waals surface area contributed by atoms with Gasteiger partial charge in [0.15, 0.2) is 11.5 Å². The number of rotatable bonds is 5. The van der Waals surface area contributed by atoms with Gasteiger partial charge in [-0.05, 0) is 68.6 Å². The molecule has 6 rings (SSSR count). The number of ether oxygens (including phenoxy) is 1. The number of nitrogens with one attached hydrogen (secondary N) is 1. The molecule has 148 valence electrons. The predicted octanol–water partition coefficient (Wildman–Crippen LogP) is 2.84. The van der Waals surface area contributed by atoms with Crippen molar-refractivity contribution in [2.24, 2.45) is 23.2 Å². The average molecular weight is 373 g/mol. The minimum atomic E-state index is -0.0878.